The van der Waals surface area contributed by atoms with E-state index in [9.17, 15) is 10.1 Å². The fourth-order valence-corrected chi connectivity index (χ4v) is 1.53. The third kappa shape index (κ3) is 2.63. The Hall–Kier alpha value is -2.30. The average Bonchev–Trinajstić information content (AvgIpc) is 2.83. The Kier molecular flexibility index (Phi) is 3.09. The largest absolute Gasteiger partial charge is 0.472 e. The number of nitro benzene ring substituents is 1. The van der Waals surface area contributed by atoms with Crippen molar-refractivity contribution in [3.63, 3.8) is 0 Å². The van der Waals surface area contributed by atoms with Crippen molar-refractivity contribution in [2.75, 3.05) is 5.32 Å². The molecule has 2 aromatic rings. The molecular formula is C12H12N2O3. The maximum absolute atomic E-state index is 10.5. The molecule has 1 aromatic heterocycles. The van der Waals surface area contributed by atoms with Gasteiger partial charge in [-0.2, -0.15) is 0 Å². The highest BCUT2D eigenvalue weighted by atomic mass is 16.6. The number of hydrogen-bond donors (Lipinski definition) is 1. The number of non-ortho nitro benzene ring substituents is 1. The Morgan fingerprint density at radius 1 is 1.29 bits per heavy atom. The Morgan fingerprint density at radius 2 is 2.00 bits per heavy atom. The second-order valence-electron chi connectivity index (χ2n) is 3.73. The quantitative estimate of drug-likeness (QED) is 0.648. The second kappa shape index (κ2) is 4.69. The molecular weight excluding hydrogens is 220 g/mol. The van der Waals surface area contributed by atoms with E-state index in [0.717, 1.165) is 11.3 Å². The first-order valence-electron chi connectivity index (χ1n) is 5.20. The molecule has 1 heterocycles. The number of nitrogens with one attached hydrogen (secondary N) is 1. The molecule has 1 N–H and O–H groups in total. The number of benzene rings is 1. The van der Waals surface area contributed by atoms with Crippen LogP contribution in [-0.2, 0) is 0 Å². The lowest BCUT2D eigenvalue weighted by molar-refractivity contribution is -0.384. The summed E-state index contributed by atoms with van der Waals surface area (Å²) in [4.78, 5) is 10.1. The zero-order chi connectivity index (χ0) is 12.3. The van der Waals surface area contributed by atoms with Crippen LogP contribution in [0.4, 0.5) is 11.4 Å². The highest BCUT2D eigenvalue weighted by Gasteiger charge is 2.08. The van der Waals surface area contributed by atoms with E-state index in [-0.39, 0.29) is 11.7 Å². The van der Waals surface area contributed by atoms with E-state index in [4.69, 9.17) is 4.42 Å². The monoisotopic (exact) mass is 232 g/mol. The zero-order valence-electron chi connectivity index (χ0n) is 9.29. The smallest absolute Gasteiger partial charge is 0.269 e. The van der Waals surface area contributed by atoms with Gasteiger partial charge in [0, 0.05) is 23.4 Å². The predicted molar refractivity (Wildman–Crippen MR) is 63.8 cm³/mol. The fraction of sp³-hybridized carbons (Fsp3) is 0.167. The SMILES string of the molecule is CC(Nc1ccc([N+](=O)[O-])cc1)c1ccoc1. The highest BCUT2D eigenvalue weighted by molar-refractivity contribution is 5.49. The van der Waals surface area contributed by atoms with Crippen LogP contribution < -0.4 is 5.32 Å². The van der Waals surface area contributed by atoms with Crippen LogP contribution in [0.5, 0.6) is 0 Å². The summed E-state index contributed by atoms with van der Waals surface area (Å²) < 4.78 is 4.99. The van der Waals surface area contributed by atoms with Gasteiger partial charge in [-0.15, -0.1) is 0 Å². The number of nitro groups is 1. The van der Waals surface area contributed by atoms with Gasteiger partial charge in [0.25, 0.3) is 5.69 Å². The lowest BCUT2D eigenvalue weighted by Gasteiger charge is -2.13. The number of rotatable bonds is 4. The molecule has 1 atom stereocenters. The van der Waals surface area contributed by atoms with E-state index in [2.05, 4.69) is 5.32 Å². The maximum Gasteiger partial charge on any atom is 0.269 e. The summed E-state index contributed by atoms with van der Waals surface area (Å²) in [5, 5.41) is 13.7. The summed E-state index contributed by atoms with van der Waals surface area (Å²) in [5.41, 5.74) is 1.96. The molecule has 0 aliphatic carbocycles. The average molecular weight is 232 g/mol. The number of furan rings is 1. The highest BCUT2D eigenvalue weighted by Crippen LogP contribution is 2.21. The van der Waals surface area contributed by atoms with Crippen LogP contribution in [0.3, 0.4) is 0 Å². The Balaban J connectivity index is 2.06. The molecule has 5 nitrogen and oxygen atoms in total. The molecule has 0 amide bonds. The Labute approximate surface area is 98.2 Å². The molecule has 0 bridgehead atoms. The van der Waals surface area contributed by atoms with Gasteiger partial charge in [-0.05, 0) is 25.1 Å². The van der Waals surface area contributed by atoms with Crippen molar-refractivity contribution in [2.45, 2.75) is 13.0 Å². The molecule has 17 heavy (non-hydrogen) atoms. The first kappa shape index (κ1) is 11.2. The third-order valence-corrected chi connectivity index (χ3v) is 2.50. The molecule has 5 heteroatoms. The topological polar surface area (TPSA) is 68.3 Å². The van der Waals surface area contributed by atoms with E-state index >= 15 is 0 Å². The third-order valence-electron chi connectivity index (χ3n) is 2.50. The Morgan fingerprint density at radius 3 is 2.53 bits per heavy atom. The van der Waals surface area contributed by atoms with Crippen LogP contribution in [-0.4, -0.2) is 4.92 Å². The van der Waals surface area contributed by atoms with Gasteiger partial charge in [-0.3, -0.25) is 10.1 Å². The van der Waals surface area contributed by atoms with Gasteiger partial charge in [0.1, 0.15) is 0 Å². The molecule has 1 unspecified atom stereocenters. The molecule has 0 spiro atoms. The molecule has 0 radical (unpaired) electrons. The summed E-state index contributed by atoms with van der Waals surface area (Å²) in [7, 11) is 0. The minimum absolute atomic E-state index is 0.0894. The summed E-state index contributed by atoms with van der Waals surface area (Å²) in [6, 6.07) is 8.30. The van der Waals surface area contributed by atoms with E-state index in [1.54, 1.807) is 24.7 Å². The van der Waals surface area contributed by atoms with Crippen molar-refractivity contribution in [2.24, 2.45) is 0 Å². The first-order chi connectivity index (χ1) is 8.16. The van der Waals surface area contributed by atoms with Gasteiger partial charge >= 0.3 is 0 Å². The summed E-state index contributed by atoms with van der Waals surface area (Å²) in [6.45, 7) is 1.99. The van der Waals surface area contributed by atoms with E-state index < -0.39 is 4.92 Å². The van der Waals surface area contributed by atoms with Crippen molar-refractivity contribution in [3.8, 4) is 0 Å². The van der Waals surface area contributed by atoms with Crippen molar-refractivity contribution >= 4 is 11.4 Å². The van der Waals surface area contributed by atoms with Crippen molar-refractivity contribution < 1.29 is 9.34 Å². The van der Waals surface area contributed by atoms with Crippen LogP contribution in [0.25, 0.3) is 0 Å². The van der Waals surface area contributed by atoms with Gasteiger partial charge in [-0.25, -0.2) is 0 Å². The molecule has 0 fully saturated rings. The molecule has 2 rings (SSSR count). The number of hydrogen-bond acceptors (Lipinski definition) is 4. The van der Waals surface area contributed by atoms with E-state index in [1.807, 2.05) is 13.0 Å². The molecule has 0 aliphatic rings. The fourth-order valence-electron chi connectivity index (χ4n) is 1.53. The normalized spacial score (nSPS) is 12.1. The number of anilines is 1. The molecule has 0 saturated carbocycles. The minimum Gasteiger partial charge on any atom is -0.472 e. The van der Waals surface area contributed by atoms with Crippen LogP contribution in [0, 0.1) is 10.1 Å². The van der Waals surface area contributed by atoms with Crippen LogP contribution >= 0.6 is 0 Å². The molecule has 1 aromatic carbocycles. The van der Waals surface area contributed by atoms with Gasteiger partial charge in [0.2, 0.25) is 0 Å². The summed E-state index contributed by atoms with van der Waals surface area (Å²) in [5.74, 6) is 0. The van der Waals surface area contributed by atoms with E-state index in [1.165, 1.54) is 12.1 Å². The zero-order valence-corrected chi connectivity index (χ0v) is 9.29. The lowest BCUT2D eigenvalue weighted by atomic mass is 10.1. The first-order valence-corrected chi connectivity index (χ1v) is 5.20. The Bertz CT molecular complexity index is 491. The second-order valence-corrected chi connectivity index (χ2v) is 3.73. The molecule has 0 saturated heterocycles. The molecule has 0 aliphatic heterocycles. The standard InChI is InChI=1S/C12H12N2O3/c1-9(10-6-7-17-8-10)13-11-2-4-12(5-3-11)14(15)16/h2-9,13H,1H3. The van der Waals surface area contributed by atoms with Crippen molar-refractivity contribution in [1.82, 2.24) is 0 Å². The molecule has 88 valence electrons. The lowest BCUT2D eigenvalue weighted by Crippen LogP contribution is -2.05. The minimum atomic E-state index is -0.413. The van der Waals surface area contributed by atoms with Crippen LogP contribution in [0.2, 0.25) is 0 Å². The van der Waals surface area contributed by atoms with Gasteiger partial charge in [0.15, 0.2) is 0 Å². The van der Waals surface area contributed by atoms with Crippen LogP contribution in [0.1, 0.15) is 18.5 Å². The summed E-state index contributed by atoms with van der Waals surface area (Å²) >= 11 is 0. The van der Waals surface area contributed by atoms with Gasteiger partial charge in [0.05, 0.1) is 23.5 Å². The predicted octanol–water partition coefficient (Wildman–Crippen LogP) is 3.36. The summed E-state index contributed by atoms with van der Waals surface area (Å²) in [6.07, 6.45) is 3.28. The van der Waals surface area contributed by atoms with E-state index in [0.29, 0.717) is 0 Å². The van der Waals surface area contributed by atoms with Crippen LogP contribution in [0.15, 0.2) is 47.3 Å². The van der Waals surface area contributed by atoms with Crippen molar-refractivity contribution in [3.05, 3.63) is 58.5 Å². The van der Waals surface area contributed by atoms with Gasteiger partial charge in [-0.1, -0.05) is 0 Å². The van der Waals surface area contributed by atoms with Crippen molar-refractivity contribution in [1.29, 1.82) is 0 Å². The number of nitrogens with zero attached hydrogens (tertiary/aromatic N) is 1. The van der Waals surface area contributed by atoms with Gasteiger partial charge < -0.3 is 9.73 Å². The maximum atomic E-state index is 10.5.